The molecule has 2 atom stereocenters. The lowest BCUT2D eigenvalue weighted by molar-refractivity contribution is -0.145. The summed E-state index contributed by atoms with van der Waals surface area (Å²) in [4.78, 5) is 83.7. The van der Waals surface area contributed by atoms with Crippen molar-refractivity contribution in [1.29, 1.82) is 0 Å². The van der Waals surface area contributed by atoms with Crippen LogP contribution < -0.4 is 32.3 Å². The van der Waals surface area contributed by atoms with Crippen LogP contribution in [0.25, 0.3) is 0 Å². The zero-order valence-electron chi connectivity index (χ0n) is 44.3. The van der Waals surface area contributed by atoms with E-state index in [1.54, 1.807) is 0 Å². The summed E-state index contributed by atoms with van der Waals surface area (Å²) in [6.45, 7) is 7.53. The first kappa shape index (κ1) is 66.8. The number of aliphatic carboxylic acids is 2. The van der Waals surface area contributed by atoms with Crippen LogP contribution in [-0.2, 0) is 52.5 Å². The number of nitrogens with two attached hydrogens (primary N) is 1. The van der Waals surface area contributed by atoms with Crippen LogP contribution >= 0.6 is 0 Å². The van der Waals surface area contributed by atoms with E-state index >= 15 is 0 Å². The van der Waals surface area contributed by atoms with Gasteiger partial charge >= 0.3 is 11.9 Å². The predicted molar refractivity (Wildman–Crippen MR) is 280 cm³/mol. The molecule has 9 N–H and O–H groups in total. The number of carboxylic acids is 2. The van der Waals surface area contributed by atoms with Gasteiger partial charge in [-0.3, -0.25) is 38.9 Å². The Morgan fingerprint density at radius 3 is 1.55 bits per heavy atom. The van der Waals surface area contributed by atoms with E-state index in [-0.39, 0.29) is 81.7 Å². The molecular weight excluding hydrogens is 941 g/mol. The van der Waals surface area contributed by atoms with Crippen LogP contribution in [0.4, 0.5) is 0 Å². The number of primary amides is 1. The molecule has 2 radical (unpaired) electrons. The lowest BCUT2D eigenvalue weighted by Crippen LogP contribution is -2.38. The second kappa shape index (κ2) is 46.4. The van der Waals surface area contributed by atoms with Crippen molar-refractivity contribution in [1.82, 2.24) is 26.6 Å². The average molecular weight is 1040 g/mol. The first-order valence-corrected chi connectivity index (χ1v) is 27.6. The van der Waals surface area contributed by atoms with E-state index in [1.807, 2.05) is 0 Å². The Hall–Kier alpha value is -4.17. The molecule has 0 heterocycles. The number of nitrogens with one attached hydrogen (secondary N) is 5. The quantitative estimate of drug-likeness (QED) is 0.0251. The maximum atomic E-state index is 13.1. The van der Waals surface area contributed by atoms with E-state index in [1.165, 1.54) is 64.2 Å². The van der Waals surface area contributed by atoms with Crippen molar-refractivity contribution >= 4 is 41.4 Å². The van der Waals surface area contributed by atoms with Gasteiger partial charge in [0.1, 0.15) is 12.4 Å². The number of Topliss-reactive ketones (excluding diaryl/α,β-unsaturated/α-hetero) is 1. The van der Waals surface area contributed by atoms with Crippen molar-refractivity contribution in [2.75, 3.05) is 79.0 Å². The molecule has 1 rings (SSSR count). The minimum absolute atomic E-state index is 0.0231. The Morgan fingerprint density at radius 1 is 0.534 bits per heavy atom. The van der Waals surface area contributed by atoms with Gasteiger partial charge in [0.05, 0.1) is 58.2 Å². The Labute approximate surface area is 437 Å². The maximum Gasteiger partial charge on any atom is 0.306 e. The number of hydrogen-bond donors (Lipinski definition) is 8. The van der Waals surface area contributed by atoms with E-state index in [0.717, 1.165) is 69.9 Å². The summed E-state index contributed by atoms with van der Waals surface area (Å²) >= 11 is 0. The van der Waals surface area contributed by atoms with Crippen molar-refractivity contribution in [3.63, 3.8) is 0 Å². The van der Waals surface area contributed by atoms with Gasteiger partial charge in [-0.2, -0.15) is 0 Å². The predicted octanol–water partition coefficient (Wildman–Crippen LogP) is 6.14. The molecule has 73 heavy (non-hydrogen) atoms. The van der Waals surface area contributed by atoms with Crippen molar-refractivity contribution < 1.29 is 62.7 Å². The molecule has 0 bridgehead atoms. The minimum atomic E-state index is -1.09. The molecule has 1 saturated carbocycles. The first-order valence-electron chi connectivity index (χ1n) is 27.6. The highest BCUT2D eigenvalue weighted by Gasteiger charge is 2.30. The van der Waals surface area contributed by atoms with Gasteiger partial charge in [0.15, 0.2) is 0 Å². The monoisotopic (exact) mass is 1040 g/mol. The fourth-order valence-corrected chi connectivity index (χ4v) is 8.66. The van der Waals surface area contributed by atoms with Crippen LogP contribution in [0.5, 0.6) is 0 Å². The highest BCUT2D eigenvalue weighted by molar-refractivity contribution is 5.86. The largest absolute Gasteiger partial charge is 0.481 e. The molecule has 0 spiro atoms. The van der Waals surface area contributed by atoms with Gasteiger partial charge in [0.2, 0.25) is 23.6 Å². The second-order valence-electron chi connectivity index (χ2n) is 19.5. The topological polar surface area (TPSA) is 283 Å². The number of carboxylic acid groups (broad SMARTS) is 2. The zero-order chi connectivity index (χ0) is 53.6. The third-order valence-corrected chi connectivity index (χ3v) is 13.2. The fraction of sp³-hybridized carbons (Fsp3) is 0.815. The van der Waals surface area contributed by atoms with Crippen LogP contribution in [0, 0.1) is 24.8 Å². The van der Waals surface area contributed by atoms with Crippen LogP contribution in [0.3, 0.4) is 0 Å². The van der Waals surface area contributed by atoms with Crippen molar-refractivity contribution in [2.45, 2.75) is 186 Å². The smallest absolute Gasteiger partial charge is 0.306 e. The molecule has 0 unspecified atom stereocenters. The van der Waals surface area contributed by atoms with Gasteiger partial charge in [-0.25, -0.2) is 0 Å². The second-order valence-corrected chi connectivity index (χ2v) is 19.5. The molecule has 1 fully saturated rings. The molecule has 0 aromatic rings. The molecule has 420 valence electrons. The normalized spacial score (nSPS) is 15.2. The highest BCUT2D eigenvalue weighted by Crippen LogP contribution is 2.31. The maximum absolute atomic E-state index is 13.1. The molecule has 1 aliphatic carbocycles. The lowest BCUT2D eigenvalue weighted by atomic mass is 9.78. The number of amides is 4. The molecule has 1 aliphatic rings. The Kier molecular flexibility index (Phi) is 42.5. The molecular formula is C54H96N6O13. The summed E-state index contributed by atoms with van der Waals surface area (Å²) in [6, 6.07) is -0.536. The summed E-state index contributed by atoms with van der Waals surface area (Å²) < 4.78 is 21.8. The standard InChI is InChI=1S/C54H96N6O13/c1-43(57-30-20-19-21-47(56-2)53(55)67)41-72-37-35-71-34-32-59-51(64)42-73-38-36-70-33-31-58-50(63)29-28-46(54(68)69)39-48(61)45-26-24-44(25-27-45)40-60-49(62)22-17-15-13-11-9-7-5-3-4-6-8-10-12-14-16-18-23-52(65)66/h2,44-47,56-57H,1,3-42H2,(H2,55,67)(H,58,63)(H,59,64)(H,60,62)(H,65,66)(H,68,69)/t44?,45?,46-,47+/m1/s1. The number of rotatable bonds is 52. The van der Waals surface area contributed by atoms with Crippen molar-refractivity contribution in [3.05, 3.63) is 19.3 Å². The zero-order valence-corrected chi connectivity index (χ0v) is 44.3. The van der Waals surface area contributed by atoms with E-state index in [4.69, 9.17) is 36.8 Å². The summed E-state index contributed by atoms with van der Waals surface area (Å²) in [5.41, 5.74) is 5.97. The van der Waals surface area contributed by atoms with Gasteiger partial charge in [-0.15, -0.1) is 0 Å². The van der Waals surface area contributed by atoms with Gasteiger partial charge < -0.3 is 56.2 Å². The van der Waals surface area contributed by atoms with Gasteiger partial charge in [-0.1, -0.05) is 96.5 Å². The van der Waals surface area contributed by atoms with E-state index in [9.17, 15) is 38.7 Å². The number of ether oxygens (including phenoxy) is 4. The average Bonchev–Trinajstić information content (AvgIpc) is 3.36. The molecule has 0 aromatic carbocycles. The Balaban J connectivity index is 1.97. The van der Waals surface area contributed by atoms with E-state index < -0.39 is 29.8 Å². The molecule has 4 amide bonds. The van der Waals surface area contributed by atoms with Crippen molar-refractivity contribution in [2.24, 2.45) is 23.5 Å². The lowest BCUT2D eigenvalue weighted by Gasteiger charge is -2.28. The van der Waals surface area contributed by atoms with Gasteiger partial charge in [0.25, 0.3) is 0 Å². The number of unbranched alkanes of at least 4 members (excludes halogenated alkanes) is 16. The number of hydrogen-bond acceptors (Lipinski definition) is 13. The van der Waals surface area contributed by atoms with E-state index in [0.29, 0.717) is 84.1 Å². The Morgan fingerprint density at radius 2 is 1.03 bits per heavy atom. The highest BCUT2D eigenvalue weighted by atomic mass is 16.5. The van der Waals surface area contributed by atoms with Crippen LogP contribution in [-0.4, -0.2) is 137 Å². The van der Waals surface area contributed by atoms with Crippen molar-refractivity contribution in [3.8, 4) is 0 Å². The summed E-state index contributed by atoms with van der Waals surface area (Å²) in [6.07, 6.45) is 24.7. The molecule has 19 heteroatoms. The summed E-state index contributed by atoms with van der Waals surface area (Å²) in [7, 11) is 5.30. The third kappa shape index (κ3) is 40.8. The molecule has 19 nitrogen and oxygen atoms in total. The number of carbonyl (C=O) groups is 7. The van der Waals surface area contributed by atoms with Gasteiger partial charge in [-0.05, 0) is 70.1 Å². The van der Waals surface area contributed by atoms with E-state index in [2.05, 4.69) is 33.2 Å². The van der Waals surface area contributed by atoms with Crippen LogP contribution in [0.15, 0.2) is 12.3 Å². The minimum Gasteiger partial charge on any atom is -0.481 e. The van der Waals surface area contributed by atoms with Crippen LogP contribution in [0.2, 0.25) is 0 Å². The number of ketones is 1. The third-order valence-electron chi connectivity index (χ3n) is 13.2. The first-order chi connectivity index (χ1) is 35.3. The van der Waals surface area contributed by atoms with Gasteiger partial charge in [0, 0.05) is 70.5 Å². The number of carbonyl (C=O) groups excluding carboxylic acids is 5. The fourth-order valence-electron chi connectivity index (χ4n) is 8.66. The summed E-state index contributed by atoms with van der Waals surface area (Å²) in [5, 5.41) is 32.5. The molecule has 0 aliphatic heterocycles. The molecule has 0 saturated heterocycles. The Bertz CT molecular complexity index is 1510. The summed E-state index contributed by atoms with van der Waals surface area (Å²) in [5.74, 6) is -3.69. The molecule has 0 aromatic heterocycles. The van der Waals surface area contributed by atoms with Crippen LogP contribution in [0.1, 0.15) is 180 Å². The SMILES string of the molecule is [CH]N[C@@H](CCCCNC(=C)COCCOCCNC(=O)COCCOCCNC(=O)CC[C@H](CC(=O)C1CCC(CNC(=O)CCCCCCCCCCCCCCCCCCC(=O)O)CC1)C(=O)O)C(N)=O.